The number of anilines is 1. The fourth-order valence-corrected chi connectivity index (χ4v) is 3.17. The van der Waals surface area contributed by atoms with E-state index in [-0.39, 0.29) is 12.0 Å². The zero-order valence-corrected chi connectivity index (χ0v) is 16.8. The van der Waals surface area contributed by atoms with Crippen molar-refractivity contribution in [1.29, 1.82) is 0 Å². The number of hydrogen-bond acceptors (Lipinski definition) is 4. The van der Waals surface area contributed by atoms with Gasteiger partial charge in [0.15, 0.2) is 0 Å². The molecule has 148 valence electrons. The molecular formula is C21H24ClN3O3. The van der Waals surface area contributed by atoms with Crippen molar-refractivity contribution in [2.24, 2.45) is 4.99 Å². The molecule has 1 aliphatic rings. The minimum Gasteiger partial charge on any atom is -0.497 e. The van der Waals surface area contributed by atoms with Gasteiger partial charge in [-0.05, 0) is 55.7 Å². The second-order valence-corrected chi connectivity index (χ2v) is 7.03. The molecule has 3 rings (SSSR count). The topological polar surface area (TPSA) is 72.0 Å². The highest BCUT2D eigenvalue weighted by atomic mass is 35.5. The Labute approximate surface area is 169 Å². The van der Waals surface area contributed by atoms with E-state index < -0.39 is 0 Å². The first-order valence-corrected chi connectivity index (χ1v) is 9.57. The number of nitrogens with one attached hydrogen (secondary N) is 2. The summed E-state index contributed by atoms with van der Waals surface area (Å²) in [6, 6.07) is 12.6. The Hall–Kier alpha value is -2.57. The number of rotatable bonds is 5. The predicted octanol–water partition coefficient (Wildman–Crippen LogP) is 4.03. The third kappa shape index (κ3) is 5.47. The number of benzene rings is 2. The number of hydrogen-bond donors (Lipinski definition) is 2. The molecule has 0 radical (unpaired) electrons. The molecule has 0 bridgehead atoms. The molecular weight excluding hydrogens is 378 g/mol. The molecule has 2 aromatic rings. The average molecular weight is 402 g/mol. The van der Waals surface area contributed by atoms with E-state index in [1.54, 1.807) is 31.4 Å². The molecule has 7 heteroatoms. The lowest BCUT2D eigenvalue weighted by atomic mass is 10.2. The molecule has 1 saturated heterocycles. The van der Waals surface area contributed by atoms with E-state index in [2.05, 4.69) is 15.6 Å². The zero-order valence-electron chi connectivity index (χ0n) is 16.0. The highest BCUT2D eigenvalue weighted by Gasteiger charge is 2.16. The molecule has 0 spiro atoms. The maximum atomic E-state index is 12.7. The van der Waals surface area contributed by atoms with Crippen LogP contribution in [0.4, 0.5) is 5.69 Å². The van der Waals surface area contributed by atoms with Gasteiger partial charge in [0.1, 0.15) is 5.75 Å². The van der Waals surface area contributed by atoms with Gasteiger partial charge in [-0.2, -0.15) is 0 Å². The maximum absolute atomic E-state index is 12.7. The van der Waals surface area contributed by atoms with Gasteiger partial charge in [0.2, 0.25) is 5.96 Å². The van der Waals surface area contributed by atoms with Crippen LogP contribution in [-0.2, 0) is 4.74 Å². The van der Waals surface area contributed by atoms with Crippen LogP contribution in [0.3, 0.4) is 0 Å². The van der Waals surface area contributed by atoms with Crippen LogP contribution < -0.4 is 15.4 Å². The summed E-state index contributed by atoms with van der Waals surface area (Å²) < 4.78 is 10.8. The molecule has 1 aliphatic heterocycles. The van der Waals surface area contributed by atoms with E-state index in [0.717, 1.165) is 25.0 Å². The van der Waals surface area contributed by atoms with Crippen molar-refractivity contribution in [3.63, 3.8) is 0 Å². The summed E-state index contributed by atoms with van der Waals surface area (Å²) >= 11 is 6.32. The van der Waals surface area contributed by atoms with Crippen molar-refractivity contribution < 1.29 is 14.3 Å². The second kappa shape index (κ2) is 9.57. The lowest BCUT2D eigenvalue weighted by molar-refractivity contribution is 0.0975. The molecule has 1 amide bonds. The van der Waals surface area contributed by atoms with E-state index in [1.165, 1.54) is 0 Å². The Morgan fingerprint density at radius 3 is 2.89 bits per heavy atom. The van der Waals surface area contributed by atoms with E-state index in [9.17, 15) is 4.79 Å². The van der Waals surface area contributed by atoms with Crippen molar-refractivity contribution in [3.8, 4) is 5.75 Å². The maximum Gasteiger partial charge on any atom is 0.258 e. The first-order chi connectivity index (χ1) is 13.5. The standard InChI is InChI=1S/C21H24ClN3O3/c1-14-8-9-19(18(22)11-14)24-21(23-13-17-7-4-10-28-17)25-20(26)15-5-3-6-16(12-15)27-2/h3,5-6,8-9,11-12,17H,4,7,10,13H2,1-2H3,(H2,23,24,25,26). The Balaban J connectivity index is 1.78. The van der Waals surface area contributed by atoms with Crippen molar-refractivity contribution in [2.75, 3.05) is 25.6 Å². The summed E-state index contributed by atoms with van der Waals surface area (Å²) in [6.45, 7) is 3.18. The molecule has 2 N–H and O–H groups in total. The van der Waals surface area contributed by atoms with E-state index >= 15 is 0 Å². The van der Waals surface area contributed by atoms with Crippen LogP contribution in [0.5, 0.6) is 5.75 Å². The monoisotopic (exact) mass is 401 g/mol. The number of halogens is 1. The minimum absolute atomic E-state index is 0.0685. The first kappa shape index (κ1) is 20.2. The van der Waals surface area contributed by atoms with Gasteiger partial charge in [-0.15, -0.1) is 0 Å². The molecule has 0 aliphatic carbocycles. The van der Waals surface area contributed by atoms with Crippen LogP contribution >= 0.6 is 11.6 Å². The molecule has 1 unspecified atom stereocenters. The molecule has 1 heterocycles. The van der Waals surface area contributed by atoms with Gasteiger partial charge in [-0.1, -0.05) is 23.7 Å². The fraction of sp³-hybridized carbons (Fsp3) is 0.333. The summed E-state index contributed by atoms with van der Waals surface area (Å²) in [4.78, 5) is 17.2. The van der Waals surface area contributed by atoms with E-state index in [1.807, 2.05) is 25.1 Å². The number of nitrogens with zero attached hydrogens (tertiary/aromatic N) is 1. The third-order valence-corrected chi connectivity index (χ3v) is 4.73. The SMILES string of the molecule is COc1cccc(C(=O)NC(=NCC2CCCO2)Nc2ccc(C)cc2Cl)c1. The van der Waals surface area contributed by atoms with E-state index in [4.69, 9.17) is 21.1 Å². The summed E-state index contributed by atoms with van der Waals surface area (Å²) in [5, 5.41) is 6.51. The van der Waals surface area contributed by atoms with Crippen molar-refractivity contribution in [2.45, 2.75) is 25.9 Å². The molecule has 0 aromatic heterocycles. The van der Waals surface area contributed by atoms with Crippen LogP contribution in [0.2, 0.25) is 5.02 Å². The number of ether oxygens (including phenoxy) is 2. The second-order valence-electron chi connectivity index (χ2n) is 6.62. The van der Waals surface area contributed by atoms with Crippen LogP contribution in [0.25, 0.3) is 0 Å². The van der Waals surface area contributed by atoms with Gasteiger partial charge >= 0.3 is 0 Å². The van der Waals surface area contributed by atoms with Crippen molar-refractivity contribution in [1.82, 2.24) is 5.32 Å². The molecule has 1 fully saturated rings. The number of amides is 1. The lowest BCUT2D eigenvalue weighted by Crippen LogP contribution is -2.36. The fourth-order valence-electron chi connectivity index (χ4n) is 2.88. The number of aliphatic imine (C=N–C) groups is 1. The number of carbonyl (C=O) groups is 1. The van der Waals surface area contributed by atoms with Gasteiger partial charge in [0, 0.05) is 12.2 Å². The zero-order chi connectivity index (χ0) is 19.9. The summed E-state index contributed by atoms with van der Waals surface area (Å²) in [5.41, 5.74) is 2.19. The highest BCUT2D eigenvalue weighted by molar-refractivity contribution is 6.34. The number of guanidine groups is 1. The van der Waals surface area contributed by atoms with Crippen LogP contribution in [0.15, 0.2) is 47.5 Å². The Kier molecular flexibility index (Phi) is 6.90. The molecule has 2 aromatic carbocycles. The van der Waals surface area contributed by atoms with Crippen molar-refractivity contribution >= 4 is 29.2 Å². The molecule has 6 nitrogen and oxygen atoms in total. The quantitative estimate of drug-likeness (QED) is 0.586. The van der Waals surface area contributed by atoms with Crippen molar-refractivity contribution in [3.05, 3.63) is 58.6 Å². The van der Waals surface area contributed by atoms with Crippen LogP contribution in [0, 0.1) is 6.92 Å². The number of methoxy groups -OCH3 is 1. The average Bonchev–Trinajstić information content (AvgIpc) is 3.21. The normalized spacial score (nSPS) is 16.7. The van der Waals surface area contributed by atoms with Crippen LogP contribution in [-0.4, -0.2) is 38.2 Å². The van der Waals surface area contributed by atoms with Gasteiger partial charge in [0.25, 0.3) is 5.91 Å². The molecule has 1 atom stereocenters. The Morgan fingerprint density at radius 1 is 1.32 bits per heavy atom. The van der Waals surface area contributed by atoms with Gasteiger partial charge in [0.05, 0.1) is 30.5 Å². The lowest BCUT2D eigenvalue weighted by Gasteiger charge is -2.15. The van der Waals surface area contributed by atoms with Gasteiger partial charge in [-0.25, -0.2) is 4.99 Å². The van der Waals surface area contributed by atoms with Gasteiger partial charge in [-0.3, -0.25) is 10.1 Å². The van der Waals surface area contributed by atoms with Gasteiger partial charge < -0.3 is 14.8 Å². The van der Waals surface area contributed by atoms with E-state index in [0.29, 0.717) is 34.5 Å². The summed E-state index contributed by atoms with van der Waals surface area (Å²) in [7, 11) is 1.56. The first-order valence-electron chi connectivity index (χ1n) is 9.20. The minimum atomic E-state index is -0.291. The molecule has 28 heavy (non-hydrogen) atoms. The highest BCUT2D eigenvalue weighted by Crippen LogP contribution is 2.23. The summed E-state index contributed by atoms with van der Waals surface area (Å²) in [6.07, 6.45) is 2.06. The smallest absolute Gasteiger partial charge is 0.258 e. The third-order valence-electron chi connectivity index (χ3n) is 4.42. The molecule has 0 saturated carbocycles. The Morgan fingerprint density at radius 2 is 2.18 bits per heavy atom. The number of aryl methyl sites for hydroxylation is 1. The van der Waals surface area contributed by atoms with Crippen LogP contribution in [0.1, 0.15) is 28.8 Å². The number of carbonyl (C=O) groups excluding carboxylic acids is 1. The predicted molar refractivity (Wildman–Crippen MR) is 112 cm³/mol. The largest absolute Gasteiger partial charge is 0.497 e. The Bertz CT molecular complexity index is 864. The summed E-state index contributed by atoms with van der Waals surface area (Å²) in [5.74, 6) is 0.648.